The molecule has 1 heterocycles. The van der Waals surface area contributed by atoms with Crippen LogP contribution in [-0.2, 0) is 7.05 Å². The van der Waals surface area contributed by atoms with Gasteiger partial charge in [0.1, 0.15) is 0 Å². The van der Waals surface area contributed by atoms with E-state index in [-0.39, 0.29) is 17.5 Å². The number of hydrogen-bond acceptors (Lipinski definition) is 2. The first kappa shape index (κ1) is 8.90. The summed E-state index contributed by atoms with van der Waals surface area (Å²) < 4.78 is 1.21. The summed E-state index contributed by atoms with van der Waals surface area (Å²) in [5.41, 5.74) is 0.368. The maximum absolute atomic E-state index is 11.0. The van der Waals surface area contributed by atoms with Crippen molar-refractivity contribution < 1.29 is 5.11 Å². The molecule has 68 valence electrons. The Morgan fingerprint density at radius 1 is 1.67 bits per heavy atom. The van der Waals surface area contributed by atoms with Crippen LogP contribution >= 0.6 is 0 Å². The minimum Gasteiger partial charge on any atom is -0.493 e. The smallest absolute Gasteiger partial charge is 0.328 e. The van der Waals surface area contributed by atoms with Gasteiger partial charge in [-0.15, -0.1) is 0 Å². The third-order valence-corrected chi connectivity index (χ3v) is 2.21. The van der Waals surface area contributed by atoms with Gasteiger partial charge >= 0.3 is 5.69 Å². The van der Waals surface area contributed by atoms with Crippen molar-refractivity contribution in [2.24, 2.45) is 7.05 Å². The predicted molar refractivity (Wildman–Crippen MR) is 46.4 cm³/mol. The topological polar surface area (TPSA) is 58.0 Å². The molecule has 2 N–H and O–H groups in total. The highest BCUT2D eigenvalue weighted by Crippen LogP contribution is 2.23. The Kier molecular flexibility index (Phi) is 2.26. The maximum atomic E-state index is 11.0. The van der Waals surface area contributed by atoms with Gasteiger partial charge in [-0.25, -0.2) is 4.79 Å². The van der Waals surface area contributed by atoms with Crippen LogP contribution in [0.4, 0.5) is 0 Å². The molecule has 0 fully saturated rings. The Labute approximate surface area is 70.9 Å². The molecule has 0 saturated carbocycles. The van der Waals surface area contributed by atoms with Gasteiger partial charge < -0.3 is 10.1 Å². The Morgan fingerprint density at radius 2 is 2.25 bits per heavy atom. The number of imidazole rings is 1. The zero-order chi connectivity index (χ0) is 9.30. The predicted octanol–water partition coefficient (Wildman–Crippen LogP) is 0.933. The second-order valence-electron chi connectivity index (χ2n) is 3.04. The second-order valence-corrected chi connectivity index (χ2v) is 3.04. The van der Waals surface area contributed by atoms with Crippen LogP contribution in [0.3, 0.4) is 0 Å². The van der Waals surface area contributed by atoms with E-state index in [1.165, 1.54) is 4.57 Å². The number of aromatic hydroxyl groups is 1. The zero-order valence-corrected chi connectivity index (χ0v) is 7.59. The highest BCUT2D eigenvalue weighted by atomic mass is 16.3. The molecular formula is C8H14N2O2. The summed E-state index contributed by atoms with van der Waals surface area (Å²) in [4.78, 5) is 13.6. The fraction of sp³-hybridized carbons (Fsp3) is 0.625. The lowest BCUT2D eigenvalue weighted by atomic mass is 10.1. The minimum absolute atomic E-state index is 0.0503. The zero-order valence-electron chi connectivity index (χ0n) is 7.59. The molecule has 0 aliphatic carbocycles. The molecule has 1 atom stereocenters. The first-order chi connectivity index (χ1) is 5.57. The third kappa shape index (κ3) is 1.24. The molecule has 12 heavy (non-hydrogen) atoms. The Bertz CT molecular complexity index is 324. The van der Waals surface area contributed by atoms with Gasteiger partial charge in [-0.2, -0.15) is 0 Å². The van der Waals surface area contributed by atoms with E-state index in [0.29, 0.717) is 5.69 Å². The Hall–Kier alpha value is -1.19. The van der Waals surface area contributed by atoms with Gasteiger partial charge in [0.25, 0.3) is 0 Å². The van der Waals surface area contributed by atoms with Crippen LogP contribution in [-0.4, -0.2) is 14.7 Å². The van der Waals surface area contributed by atoms with Gasteiger partial charge in [-0.1, -0.05) is 13.8 Å². The van der Waals surface area contributed by atoms with E-state index >= 15 is 0 Å². The molecule has 0 spiro atoms. The highest BCUT2D eigenvalue weighted by molar-refractivity contribution is 5.21. The number of aromatic nitrogens is 2. The van der Waals surface area contributed by atoms with Crippen molar-refractivity contribution in [1.82, 2.24) is 9.55 Å². The first-order valence-corrected chi connectivity index (χ1v) is 4.05. The molecular weight excluding hydrogens is 156 g/mol. The summed E-state index contributed by atoms with van der Waals surface area (Å²) in [6, 6.07) is 0. The highest BCUT2D eigenvalue weighted by Gasteiger charge is 2.14. The number of nitrogens with one attached hydrogen (secondary N) is 1. The minimum atomic E-state index is -0.261. The maximum Gasteiger partial charge on any atom is 0.328 e. The molecule has 0 saturated heterocycles. The summed E-state index contributed by atoms with van der Waals surface area (Å²) in [5.74, 6) is 0.244. The SMILES string of the molecule is CCC(C)c1[nH]c(=O)n(C)c1O. The quantitative estimate of drug-likeness (QED) is 0.693. The summed E-state index contributed by atoms with van der Waals surface area (Å²) >= 11 is 0. The molecule has 0 aromatic carbocycles. The molecule has 0 aliphatic rings. The lowest BCUT2D eigenvalue weighted by molar-refractivity contribution is 0.418. The molecule has 1 rings (SSSR count). The van der Waals surface area contributed by atoms with Gasteiger partial charge in [-0.3, -0.25) is 4.57 Å². The van der Waals surface area contributed by atoms with E-state index in [9.17, 15) is 9.90 Å². The van der Waals surface area contributed by atoms with Crippen molar-refractivity contribution in [2.45, 2.75) is 26.2 Å². The summed E-state index contributed by atoms with van der Waals surface area (Å²) in [6.45, 7) is 3.97. The molecule has 0 bridgehead atoms. The largest absolute Gasteiger partial charge is 0.493 e. The third-order valence-electron chi connectivity index (χ3n) is 2.21. The van der Waals surface area contributed by atoms with Crippen LogP contribution in [0.15, 0.2) is 4.79 Å². The molecule has 0 aliphatic heterocycles. The van der Waals surface area contributed by atoms with Crippen LogP contribution in [0.5, 0.6) is 5.88 Å². The molecule has 1 aromatic rings. The van der Waals surface area contributed by atoms with E-state index in [2.05, 4.69) is 4.98 Å². The molecule has 1 unspecified atom stereocenters. The van der Waals surface area contributed by atoms with Crippen molar-refractivity contribution in [3.05, 3.63) is 16.2 Å². The summed E-state index contributed by atoms with van der Waals surface area (Å²) in [7, 11) is 1.54. The van der Waals surface area contributed by atoms with Crippen LogP contribution in [0, 0.1) is 0 Å². The fourth-order valence-electron chi connectivity index (χ4n) is 1.08. The fourth-order valence-corrected chi connectivity index (χ4v) is 1.08. The average molecular weight is 170 g/mol. The van der Waals surface area contributed by atoms with E-state index in [0.717, 1.165) is 6.42 Å². The van der Waals surface area contributed by atoms with E-state index in [1.807, 2.05) is 13.8 Å². The normalized spacial score (nSPS) is 13.2. The van der Waals surface area contributed by atoms with Crippen LogP contribution < -0.4 is 5.69 Å². The van der Waals surface area contributed by atoms with E-state index < -0.39 is 0 Å². The van der Waals surface area contributed by atoms with Gasteiger partial charge in [-0.05, 0) is 6.42 Å². The molecule has 4 nitrogen and oxygen atoms in total. The lowest BCUT2D eigenvalue weighted by Gasteiger charge is -2.05. The van der Waals surface area contributed by atoms with Crippen LogP contribution in [0.25, 0.3) is 0 Å². The van der Waals surface area contributed by atoms with E-state index in [4.69, 9.17) is 0 Å². The number of H-pyrrole nitrogens is 1. The lowest BCUT2D eigenvalue weighted by Crippen LogP contribution is -2.11. The van der Waals surface area contributed by atoms with Gasteiger partial charge in [0, 0.05) is 13.0 Å². The van der Waals surface area contributed by atoms with E-state index in [1.54, 1.807) is 7.05 Å². The van der Waals surface area contributed by atoms with Gasteiger partial charge in [0.15, 0.2) is 0 Å². The van der Waals surface area contributed by atoms with Crippen molar-refractivity contribution in [3.63, 3.8) is 0 Å². The molecule has 0 amide bonds. The monoisotopic (exact) mass is 170 g/mol. The Morgan fingerprint density at radius 3 is 2.58 bits per heavy atom. The number of rotatable bonds is 2. The van der Waals surface area contributed by atoms with Crippen molar-refractivity contribution in [3.8, 4) is 5.88 Å². The average Bonchev–Trinajstić information content (AvgIpc) is 2.32. The number of aromatic amines is 1. The molecule has 4 heteroatoms. The van der Waals surface area contributed by atoms with Crippen molar-refractivity contribution >= 4 is 0 Å². The summed E-state index contributed by atoms with van der Waals surface area (Å²) in [5, 5.41) is 9.45. The summed E-state index contributed by atoms with van der Waals surface area (Å²) in [6.07, 6.45) is 0.896. The van der Waals surface area contributed by atoms with Gasteiger partial charge in [0.05, 0.1) is 5.69 Å². The molecule has 0 radical (unpaired) electrons. The second kappa shape index (κ2) is 3.05. The van der Waals surface area contributed by atoms with Crippen molar-refractivity contribution in [1.29, 1.82) is 0 Å². The Balaban J connectivity index is 3.17. The first-order valence-electron chi connectivity index (χ1n) is 4.05. The number of nitrogens with zero attached hydrogens (tertiary/aromatic N) is 1. The van der Waals surface area contributed by atoms with Crippen molar-refractivity contribution in [2.75, 3.05) is 0 Å². The van der Waals surface area contributed by atoms with Gasteiger partial charge in [0.2, 0.25) is 5.88 Å². The van der Waals surface area contributed by atoms with Crippen LogP contribution in [0.1, 0.15) is 31.9 Å². The standard InChI is InChI=1S/C8H14N2O2/c1-4-5(2)6-7(11)10(3)8(12)9-6/h5,11H,4H2,1-3H3,(H,9,12). The number of hydrogen-bond donors (Lipinski definition) is 2. The molecule has 1 aromatic heterocycles. The van der Waals surface area contributed by atoms with Crippen LogP contribution in [0.2, 0.25) is 0 Å².